The fourth-order valence-electron chi connectivity index (χ4n) is 1.14. The van der Waals surface area contributed by atoms with Crippen molar-refractivity contribution in [3.8, 4) is 5.88 Å². The van der Waals surface area contributed by atoms with Crippen molar-refractivity contribution in [2.75, 3.05) is 13.2 Å². The second-order valence-corrected chi connectivity index (χ2v) is 5.18. The molecule has 1 aromatic rings. The number of carbonyl (C=O) groups excluding carboxylic acids is 1. The van der Waals surface area contributed by atoms with E-state index in [2.05, 4.69) is 27.6 Å². The summed E-state index contributed by atoms with van der Waals surface area (Å²) < 4.78 is 11.4. The van der Waals surface area contributed by atoms with Crippen LogP contribution in [0.2, 0.25) is 0 Å². The van der Waals surface area contributed by atoms with Crippen molar-refractivity contribution < 1.29 is 14.3 Å². The number of aromatic nitrogens is 1. The van der Waals surface area contributed by atoms with E-state index in [-0.39, 0.29) is 5.97 Å². The van der Waals surface area contributed by atoms with Crippen LogP contribution >= 0.6 is 22.6 Å². The summed E-state index contributed by atoms with van der Waals surface area (Å²) >= 11 is 2.10. The summed E-state index contributed by atoms with van der Waals surface area (Å²) in [6, 6.07) is 1.72. The van der Waals surface area contributed by atoms with Gasteiger partial charge < -0.3 is 9.47 Å². The lowest BCUT2D eigenvalue weighted by molar-refractivity contribution is 0.0453. The standard InChI is InChI=1S/C12H16INO3/c1-4-16-11-10(5-9(13)6-14-11)12(15)17-7-8(2)3/h5-6,8H,4,7H2,1-3H3. The highest BCUT2D eigenvalue weighted by atomic mass is 127. The summed E-state index contributed by atoms with van der Waals surface area (Å²) in [5, 5.41) is 0. The summed E-state index contributed by atoms with van der Waals surface area (Å²) in [6.07, 6.45) is 1.66. The van der Waals surface area contributed by atoms with E-state index >= 15 is 0 Å². The van der Waals surface area contributed by atoms with E-state index < -0.39 is 0 Å². The van der Waals surface area contributed by atoms with Crippen LogP contribution in [0, 0.1) is 9.49 Å². The van der Waals surface area contributed by atoms with Gasteiger partial charge in [-0.1, -0.05) is 13.8 Å². The normalized spacial score (nSPS) is 10.4. The van der Waals surface area contributed by atoms with Gasteiger partial charge in [-0.2, -0.15) is 0 Å². The summed E-state index contributed by atoms with van der Waals surface area (Å²) in [5.74, 6) is 0.264. The molecule has 0 aliphatic rings. The highest BCUT2D eigenvalue weighted by Gasteiger charge is 2.16. The van der Waals surface area contributed by atoms with Gasteiger partial charge in [0.05, 0.1) is 13.2 Å². The van der Waals surface area contributed by atoms with Gasteiger partial charge in [0, 0.05) is 9.77 Å². The molecule has 0 aliphatic carbocycles. The highest BCUT2D eigenvalue weighted by Crippen LogP contribution is 2.19. The summed E-state index contributed by atoms with van der Waals surface area (Å²) in [7, 11) is 0. The van der Waals surface area contributed by atoms with Crippen molar-refractivity contribution in [3.63, 3.8) is 0 Å². The minimum atomic E-state index is -0.381. The third kappa shape index (κ3) is 4.49. The maximum atomic E-state index is 11.9. The first-order chi connectivity index (χ1) is 8.04. The third-order valence-electron chi connectivity index (χ3n) is 1.87. The minimum Gasteiger partial charge on any atom is -0.477 e. The molecule has 0 atom stereocenters. The number of hydrogen-bond acceptors (Lipinski definition) is 4. The Hall–Kier alpha value is -0.850. The number of ether oxygens (including phenoxy) is 2. The Balaban J connectivity index is 2.86. The third-order valence-corrected chi connectivity index (χ3v) is 2.46. The Kier molecular flexibility index (Phi) is 5.67. The average molecular weight is 349 g/mol. The zero-order valence-corrected chi connectivity index (χ0v) is 12.4. The van der Waals surface area contributed by atoms with Gasteiger partial charge in [-0.15, -0.1) is 0 Å². The Morgan fingerprint density at radius 3 is 2.82 bits per heavy atom. The van der Waals surface area contributed by atoms with Crippen molar-refractivity contribution in [1.82, 2.24) is 4.98 Å². The van der Waals surface area contributed by atoms with Crippen molar-refractivity contribution in [2.45, 2.75) is 20.8 Å². The molecule has 0 saturated carbocycles. The van der Waals surface area contributed by atoms with Crippen molar-refractivity contribution in [2.24, 2.45) is 5.92 Å². The first-order valence-corrected chi connectivity index (χ1v) is 6.58. The average Bonchev–Trinajstić information content (AvgIpc) is 2.28. The highest BCUT2D eigenvalue weighted by molar-refractivity contribution is 14.1. The van der Waals surface area contributed by atoms with Crippen LogP contribution in [-0.4, -0.2) is 24.2 Å². The second-order valence-electron chi connectivity index (χ2n) is 3.93. The van der Waals surface area contributed by atoms with E-state index in [4.69, 9.17) is 9.47 Å². The molecule has 0 spiro atoms. The lowest BCUT2D eigenvalue weighted by Gasteiger charge is -2.10. The molecule has 4 nitrogen and oxygen atoms in total. The van der Waals surface area contributed by atoms with E-state index in [1.807, 2.05) is 20.8 Å². The maximum absolute atomic E-state index is 11.9. The first-order valence-electron chi connectivity index (χ1n) is 5.50. The number of carbonyl (C=O) groups is 1. The zero-order valence-electron chi connectivity index (χ0n) is 10.2. The van der Waals surface area contributed by atoms with Gasteiger partial charge in [-0.3, -0.25) is 0 Å². The summed E-state index contributed by atoms with van der Waals surface area (Å²) in [6.45, 7) is 6.70. The van der Waals surface area contributed by atoms with Crippen molar-refractivity contribution in [3.05, 3.63) is 21.4 Å². The second kappa shape index (κ2) is 6.78. The van der Waals surface area contributed by atoms with Crippen LogP contribution in [0.15, 0.2) is 12.3 Å². The number of pyridine rings is 1. The lowest BCUT2D eigenvalue weighted by atomic mass is 10.2. The van der Waals surface area contributed by atoms with Crippen LogP contribution in [0.4, 0.5) is 0 Å². The zero-order chi connectivity index (χ0) is 12.8. The molecule has 0 amide bonds. The van der Waals surface area contributed by atoms with Crippen LogP contribution in [0.5, 0.6) is 5.88 Å². The van der Waals surface area contributed by atoms with Gasteiger partial charge in [0.2, 0.25) is 5.88 Å². The Morgan fingerprint density at radius 1 is 1.53 bits per heavy atom. The van der Waals surface area contributed by atoms with Gasteiger partial charge in [-0.05, 0) is 41.5 Å². The number of nitrogens with zero attached hydrogens (tertiary/aromatic N) is 1. The minimum absolute atomic E-state index is 0.310. The van der Waals surface area contributed by atoms with Crippen LogP contribution in [0.3, 0.4) is 0 Å². The molecule has 0 N–H and O–H groups in total. The lowest BCUT2D eigenvalue weighted by Crippen LogP contribution is -2.13. The number of esters is 1. The number of halogens is 1. The monoisotopic (exact) mass is 349 g/mol. The fraction of sp³-hybridized carbons (Fsp3) is 0.500. The molecule has 17 heavy (non-hydrogen) atoms. The molecule has 0 unspecified atom stereocenters. The van der Waals surface area contributed by atoms with Crippen LogP contribution < -0.4 is 4.74 Å². The van der Waals surface area contributed by atoms with Gasteiger partial charge >= 0.3 is 5.97 Å². The molecule has 94 valence electrons. The van der Waals surface area contributed by atoms with Crippen molar-refractivity contribution >= 4 is 28.6 Å². The Bertz CT molecular complexity index is 393. The predicted octanol–water partition coefficient (Wildman–Crippen LogP) is 2.90. The predicted molar refractivity (Wildman–Crippen MR) is 73.2 cm³/mol. The molecule has 1 rings (SSSR count). The van der Waals surface area contributed by atoms with E-state index in [1.54, 1.807) is 12.3 Å². The molecule has 0 saturated heterocycles. The largest absolute Gasteiger partial charge is 0.477 e. The molecular formula is C12H16INO3. The molecule has 5 heteroatoms. The van der Waals surface area contributed by atoms with Gasteiger partial charge in [0.1, 0.15) is 5.56 Å². The van der Waals surface area contributed by atoms with E-state index in [1.165, 1.54) is 0 Å². The maximum Gasteiger partial charge on any atom is 0.343 e. The number of hydrogen-bond donors (Lipinski definition) is 0. The van der Waals surface area contributed by atoms with Crippen LogP contribution in [0.25, 0.3) is 0 Å². The van der Waals surface area contributed by atoms with Crippen LogP contribution in [0.1, 0.15) is 31.1 Å². The van der Waals surface area contributed by atoms with Crippen molar-refractivity contribution in [1.29, 1.82) is 0 Å². The SMILES string of the molecule is CCOc1ncc(I)cc1C(=O)OCC(C)C. The molecule has 1 aromatic heterocycles. The number of rotatable bonds is 5. The topological polar surface area (TPSA) is 48.4 Å². The van der Waals surface area contributed by atoms with Gasteiger partial charge in [-0.25, -0.2) is 9.78 Å². The molecule has 0 bridgehead atoms. The van der Waals surface area contributed by atoms with Gasteiger partial charge in [0.15, 0.2) is 0 Å². The van der Waals surface area contributed by atoms with E-state index in [0.29, 0.717) is 30.6 Å². The summed E-state index contributed by atoms with van der Waals surface area (Å²) in [4.78, 5) is 15.9. The molecule has 0 fully saturated rings. The van der Waals surface area contributed by atoms with E-state index in [0.717, 1.165) is 3.57 Å². The quantitative estimate of drug-likeness (QED) is 0.606. The van der Waals surface area contributed by atoms with Crippen LogP contribution in [-0.2, 0) is 4.74 Å². The molecular weight excluding hydrogens is 333 g/mol. The molecule has 0 radical (unpaired) electrons. The fourth-order valence-corrected chi connectivity index (χ4v) is 1.60. The van der Waals surface area contributed by atoms with Gasteiger partial charge in [0.25, 0.3) is 0 Å². The molecule has 0 aromatic carbocycles. The Labute approximate surface area is 115 Å². The molecule has 1 heterocycles. The Morgan fingerprint density at radius 2 is 2.24 bits per heavy atom. The summed E-state index contributed by atoms with van der Waals surface area (Å²) in [5.41, 5.74) is 0.388. The first kappa shape index (κ1) is 14.2. The molecule has 0 aliphatic heterocycles. The smallest absolute Gasteiger partial charge is 0.343 e. The van der Waals surface area contributed by atoms with E-state index in [9.17, 15) is 4.79 Å².